The van der Waals surface area contributed by atoms with E-state index in [-0.39, 0.29) is 29.7 Å². The molecule has 0 radical (unpaired) electrons. The Morgan fingerprint density at radius 3 is 2.60 bits per heavy atom. The number of nitrogens with one attached hydrogen (secondary N) is 1. The Morgan fingerprint density at radius 1 is 1.50 bits per heavy atom. The van der Waals surface area contributed by atoms with Crippen LogP contribution in [0, 0.1) is 5.92 Å². The van der Waals surface area contributed by atoms with E-state index >= 15 is 0 Å². The van der Waals surface area contributed by atoms with E-state index < -0.39 is 12.0 Å². The van der Waals surface area contributed by atoms with E-state index in [1.165, 1.54) is 0 Å². The normalized spacial score (nSPS) is 26.4. The molecule has 0 aliphatic carbocycles. The third-order valence-electron chi connectivity index (χ3n) is 4.42. The molecule has 2 fully saturated rings. The van der Waals surface area contributed by atoms with Crippen LogP contribution >= 0.6 is 0 Å². The van der Waals surface area contributed by atoms with Crippen molar-refractivity contribution in [2.75, 3.05) is 13.1 Å². The zero-order chi connectivity index (χ0) is 14.9. The topological polar surface area (TPSA) is 113 Å². The van der Waals surface area contributed by atoms with Gasteiger partial charge in [0.2, 0.25) is 11.8 Å². The first kappa shape index (κ1) is 14.8. The fourth-order valence-electron chi connectivity index (χ4n) is 3.16. The average Bonchev–Trinajstić information content (AvgIpc) is 2.66. The van der Waals surface area contributed by atoms with Gasteiger partial charge in [0.15, 0.2) is 0 Å². The van der Waals surface area contributed by atoms with Crippen LogP contribution in [0.5, 0.6) is 0 Å². The minimum absolute atomic E-state index is 0.0497. The number of likely N-dealkylation sites (tertiary alicyclic amines) is 1. The van der Waals surface area contributed by atoms with Gasteiger partial charge in [0.05, 0.1) is 0 Å². The first-order valence-electron chi connectivity index (χ1n) is 6.89. The summed E-state index contributed by atoms with van der Waals surface area (Å²) in [6, 6.07) is -1.00. The number of carboxylic acid groups (broad SMARTS) is 1. The van der Waals surface area contributed by atoms with Crippen molar-refractivity contribution >= 4 is 17.8 Å². The highest BCUT2D eigenvalue weighted by molar-refractivity contribution is 5.83. The van der Waals surface area contributed by atoms with Crippen molar-refractivity contribution < 1.29 is 19.5 Å². The van der Waals surface area contributed by atoms with Gasteiger partial charge in [0, 0.05) is 31.5 Å². The summed E-state index contributed by atoms with van der Waals surface area (Å²) in [5.41, 5.74) is 5.22. The highest BCUT2D eigenvalue weighted by atomic mass is 16.4. The molecule has 0 aromatic carbocycles. The van der Waals surface area contributed by atoms with Crippen LogP contribution in [-0.4, -0.2) is 52.5 Å². The highest BCUT2D eigenvalue weighted by Crippen LogP contribution is 2.36. The molecule has 2 aliphatic rings. The second kappa shape index (κ2) is 5.40. The Kier molecular flexibility index (Phi) is 3.99. The van der Waals surface area contributed by atoms with Crippen molar-refractivity contribution in [2.24, 2.45) is 11.7 Å². The quantitative estimate of drug-likeness (QED) is 0.634. The van der Waals surface area contributed by atoms with Crippen molar-refractivity contribution in [2.45, 2.75) is 44.2 Å². The molecule has 2 aliphatic heterocycles. The van der Waals surface area contributed by atoms with Gasteiger partial charge in [-0.15, -0.1) is 0 Å². The smallest absolute Gasteiger partial charge is 0.320 e. The van der Waals surface area contributed by atoms with Crippen LogP contribution in [-0.2, 0) is 14.4 Å². The van der Waals surface area contributed by atoms with Crippen LogP contribution in [0.3, 0.4) is 0 Å². The minimum Gasteiger partial charge on any atom is -0.480 e. The average molecular weight is 283 g/mol. The maximum atomic E-state index is 12.0. The van der Waals surface area contributed by atoms with Gasteiger partial charge in [-0.25, -0.2) is 0 Å². The molecule has 2 atom stereocenters. The van der Waals surface area contributed by atoms with Gasteiger partial charge >= 0.3 is 5.97 Å². The molecule has 4 N–H and O–H groups in total. The van der Waals surface area contributed by atoms with Gasteiger partial charge < -0.3 is 21.1 Å². The molecular formula is C13H21N3O4. The third kappa shape index (κ3) is 2.92. The summed E-state index contributed by atoms with van der Waals surface area (Å²) in [6.07, 6.45) is 2.21. The van der Waals surface area contributed by atoms with Crippen molar-refractivity contribution in [1.29, 1.82) is 0 Å². The Balaban J connectivity index is 1.95. The van der Waals surface area contributed by atoms with Gasteiger partial charge in [-0.05, 0) is 25.7 Å². The van der Waals surface area contributed by atoms with Crippen LogP contribution < -0.4 is 11.1 Å². The Labute approximate surface area is 117 Å². The Bertz CT molecular complexity index is 429. The first-order chi connectivity index (χ1) is 9.33. The van der Waals surface area contributed by atoms with Crippen LogP contribution in [0.25, 0.3) is 0 Å². The number of carboxylic acids is 1. The molecule has 1 unspecified atom stereocenters. The molecular weight excluding hydrogens is 262 g/mol. The standard InChI is InChI=1S/C13H21N3O4/c1-8(17)16-4-2-13(3-5-16)7-9(11(18)15-13)6-10(14)12(19)20/h9-10H,2-7,14H2,1H3,(H,15,18)(H,19,20)/t9?,10-/m0/s1. The maximum Gasteiger partial charge on any atom is 0.320 e. The van der Waals surface area contributed by atoms with E-state index in [0.29, 0.717) is 19.5 Å². The number of carbonyl (C=O) groups excluding carboxylic acids is 2. The molecule has 0 aromatic heterocycles. The van der Waals surface area contributed by atoms with E-state index in [9.17, 15) is 14.4 Å². The molecule has 2 saturated heterocycles. The van der Waals surface area contributed by atoms with E-state index in [1.807, 2.05) is 0 Å². The molecule has 7 heteroatoms. The molecule has 0 aromatic rings. The fourth-order valence-corrected chi connectivity index (χ4v) is 3.16. The fraction of sp³-hybridized carbons (Fsp3) is 0.769. The number of nitrogens with zero attached hydrogens (tertiary/aromatic N) is 1. The second-order valence-electron chi connectivity index (χ2n) is 5.86. The zero-order valence-electron chi connectivity index (χ0n) is 11.6. The van der Waals surface area contributed by atoms with Gasteiger partial charge in [-0.1, -0.05) is 0 Å². The number of amides is 2. The second-order valence-corrected chi connectivity index (χ2v) is 5.86. The highest BCUT2D eigenvalue weighted by Gasteiger charge is 2.46. The van der Waals surface area contributed by atoms with Crippen molar-refractivity contribution in [3.63, 3.8) is 0 Å². The number of hydrogen-bond donors (Lipinski definition) is 3. The maximum absolute atomic E-state index is 12.0. The predicted octanol–water partition coefficient (Wildman–Crippen LogP) is -0.694. The number of hydrogen-bond acceptors (Lipinski definition) is 4. The van der Waals surface area contributed by atoms with Gasteiger partial charge in [-0.3, -0.25) is 14.4 Å². The van der Waals surface area contributed by atoms with Crippen molar-refractivity contribution in [1.82, 2.24) is 10.2 Å². The minimum atomic E-state index is -1.08. The van der Waals surface area contributed by atoms with E-state index in [4.69, 9.17) is 10.8 Å². The van der Waals surface area contributed by atoms with E-state index in [2.05, 4.69) is 5.32 Å². The summed E-state index contributed by atoms with van der Waals surface area (Å²) >= 11 is 0. The van der Waals surface area contributed by atoms with Crippen LogP contribution in [0.2, 0.25) is 0 Å². The molecule has 2 rings (SSSR count). The Morgan fingerprint density at radius 2 is 2.10 bits per heavy atom. The SMILES string of the molecule is CC(=O)N1CCC2(CC1)CC(C[C@H](N)C(=O)O)C(=O)N2. The molecule has 0 saturated carbocycles. The summed E-state index contributed by atoms with van der Waals surface area (Å²) in [5.74, 6) is -1.48. The van der Waals surface area contributed by atoms with Crippen molar-refractivity contribution in [3.05, 3.63) is 0 Å². The Hall–Kier alpha value is -1.63. The van der Waals surface area contributed by atoms with Gasteiger partial charge in [0.1, 0.15) is 6.04 Å². The zero-order valence-corrected chi connectivity index (χ0v) is 11.6. The lowest BCUT2D eigenvalue weighted by Gasteiger charge is -2.39. The number of piperidine rings is 1. The summed E-state index contributed by atoms with van der Waals surface area (Å²) < 4.78 is 0. The molecule has 0 bridgehead atoms. The lowest BCUT2D eigenvalue weighted by molar-refractivity contribution is -0.139. The third-order valence-corrected chi connectivity index (χ3v) is 4.42. The molecule has 2 amide bonds. The van der Waals surface area contributed by atoms with E-state index in [1.54, 1.807) is 11.8 Å². The molecule has 2 heterocycles. The monoisotopic (exact) mass is 283 g/mol. The summed E-state index contributed by atoms with van der Waals surface area (Å²) in [5, 5.41) is 11.8. The lowest BCUT2D eigenvalue weighted by atomic mass is 9.82. The first-order valence-corrected chi connectivity index (χ1v) is 6.89. The lowest BCUT2D eigenvalue weighted by Crippen LogP contribution is -2.51. The molecule has 20 heavy (non-hydrogen) atoms. The number of carbonyl (C=O) groups is 3. The number of nitrogens with two attached hydrogens (primary N) is 1. The van der Waals surface area contributed by atoms with Crippen molar-refractivity contribution in [3.8, 4) is 0 Å². The number of aliphatic carboxylic acids is 1. The van der Waals surface area contributed by atoms with Crippen LogP contribution in [0.4, 0.5) is 0 Å². The summed E-state index contributed by atoms with van der Waals surface area (Å²) in [6.45, 7) is 2.81. The van der Waals surface area contributed by atoms with Gasteiger partial charge in [0.25, 0.3) is 0 Å². The molecule has 112 valence electrons. The van der Waals surface area contributed by atoms with Crippen LogP contribution in [0.15, 0.2) is 0 Å². The molecule has 7 nitrogen and oxygen atoms in total. The summed E-state index contributed by atoms with van der Waals surface area (Å²) in [4.78, 5) is 35.8. The number of rotatable bonds is 3. The predicted molar refractivity (Wildman–Crippen MR) is 70.7 cm³/mol. The van der Waals surface area contributed by atoms with E-state index in [0.717, 1.165) is 12.8 Å². The summed E-state index contributed by atoms with van der Waals surface area (Å²) in [7, 11) is 0. The molecule has 1 spiro atoms. The van der Waals surface area contributed by atoms with Crippen LogP contribution in [0.1, 0.15) is 32.6 Å². The van der Waals surface area contributed by atoms with Gasteiger partial charge in [-0.2, -0.15) is 0 Å². The largest absolute Gasteiger partial charge is 0.480 e.